The van der Waals surface area contributed by atoms with Crippen LogP contribution in [0.1, 0.15) is 23.2 Å². The van der Waals surface area contributed by atoms with E-state index in [0.717, 1.165) is 18.5 Å². The van der Waals surface area contributed by atoms with Crippen LogP contribution in [0.5, 0.6) is 0 Å². The highest BCUT2D eigenvalue weighted by Gasteiger charge is 2.30. The molecule has 0 radical (unpaired) electrons. The van der Waals surface area contributed by atoms with Crippen LogP contribution in [0, 0.1) is 0 Å². The van der Waals surface area contributed by atoms with Gasteiger partial charge in [-0.25, -0.2) is 0 Å². The number of benzene rings is 1. The van der Waals surface area contributed by atoms with E-state index in [0.29, 0.717) is 11.7 Å². The van der Waals surface area contributed by atoms with Gasteiger partial charge < -0.3 is 15.4 Å². The molecule has 1 fully saturated rings. The topological polar surface area (TPSA) is 50.4 Å². The Balaban J connectivity index is 1.87. The zero-order valence-corrected chi connectivity index (χ0v) is 10.2. The van der Waals surface area contributed by atoms with E-state index in [2.05, 4.69) is 10.6 Å². The molecule has 0 spiro atoms. The van der Waals surface area contributed by atoms with Gasteiger partial charge in [0.1, 0.15) is 0 Å². The summed E-state index contributed by atoms with van der Waals surface area (Å²) >= 11 is 0. The number of methoxy groups -OCH3 is 1. The van der Waals surface area contributed by atoms with Gasteiger partial charge in [-0.15, -0.1) is 0 Å². The van der Waals surface area contributed by atoms with Gasteiger partial charge in [0.15, 0.2) is 0 Å². The molecule has 1 amide bonds. The molecule has 2 N–H and O–H groups in total. The molecule has 0 atom stereocenters. The van der Waals surface area contributed by atoms with Gasteiger partial charge in [-0.2, -0.15) is 0 Å². The molecule has 1 aliphatic rings. The van der Waals surface area contributed by atoms with E-state index in [1.165, 1.54) is 0 Å². The molecule has 0 unspecified atom stereocenters. The third-order valence-corrected chi connectivity index (χ3v) is 3.20. The Bertz CT molecular complexity index is 383. The Kier molecular flexibility index (Phi) is 3.64. The maximum atomic E-state index is 11.9. The largest absolute Gasteiger partial charge is 0.388 e. The van der Waals surface area contributed by atoms with Crippen LogP contribution in [0.3, 0.4) is 0 Å². The van der Waals surface area contributed by atoms with Crippen molar-refractivity contribution >= 4 is 11.6 Å². The molecule has 0 heterocycles. The van der Waals surface area contributed by atoms with Crippen molar-refractivity contribution in [2.24, 2.45) is 0 Å². The van der Waals surface area contributed by atoms with Crippen molar-refractivity contribution in [1.82, 2.24) is 5.32 Å². The van der Waals surface area contributed by atoms with Crippen LogP contribution >= 0.6 is 0 Å². The highest BCUT2D eigenvalue weighted by Crippen LogP contribution is 2.22. The number of anilines is 1. The average molecular weight is 234 g/mol. The van der Waals surface area contributed by atoms with E-state index >= 15 is 0 Å². The zero-order valence-electron chi connectivity index (χ0n) is 10.2. The molecular formula is C13H18N2O2. The highest BCUT2D eigenvalue weighted by atomic mass is 16.5. The van der Waals surface area contributed by atoms with Crippen molar-refractivity contribution < 1.29 is 9.53 Å². The van der Waals surface area contributed by atoms with E-state index in [1.54, 1.807) is 7.11 Å². The van der Waals surface area contributed by atoms with Crippen LogP contribution in [0.4, 0.5) is 5.69 Å². The molecule has 1 aromatic carbocycles. The van der Waals surface area contributed by atoms with E-state index in [9.17, 15) is 4.79 Å². The Morgan fingerprint density at radius 2 is 1.94 bits per heavy atom. The molecule has 0 aliphatic heterocycles. The minimum Gasteiger partial charge on any atom is -0.388 e. The average Bonchev–Trinajstić information content (AvgIpc) is 2.33. The lowest BCUT2D eigenvalue weighted by atomic mass is 9.89. The predicted molar refractivity (Wildman–Crippen MR) is 67.3 cm³/mol. The smallest absolute Gasteiger partial charge is 0.251 e. The van der Waals surface area contributed by atoms with Gasteiger partial charge in [0.05, 0.1) is 6.10 Å². The lowest BCUT2D eigenvalue weighted by Crippen LogP contribution is -2.47. The van der Waals surface area contributed by atoms with Gasteiger partial charge in [-0.3, -0.25) is 4.79 Å². The van der Waals surface area contributed by atoms with E-state index in [1.807, 2.05) is 31.3 Å². The third kappa shape index (κ3) is 2.77. The number of nitrogens with one attached hydrogen (secondary N) is 2. The molecule has 0 aromatic heterocycles. The molecule has 17 heavy (non-hydrogen) atoms. The van der Waals surface area contributed by atoms with Crippen molar-refractivity contribution in [2.75, 3.05) is 19.5 Å². The number of rotatable bonds is 4. The van der Waals surface area contributed by atoms with Crippen molar-refractivity contribution in [2.45, 2.75) is 25.0 Å². The Hall–Kier alpha value is -1.55. The van der Waals surface area contributed by atoms with Crippen molar-refractivity contribution in [3.8, 4) is 0 Å². The molecule has 1 saturated carbocycles. The summed E-state index contributed by atoms with van der Waals surface area (Å²) < 4.78 is 5.17. The van der Waals surface area contributed by atoms with Gasteiger partial charge >= 0.3 is 0 Å². The fourth-order valence-corrected chi connectivity index (χ4v) is 1.93. The first-order valence-corrected chi connectivity index (χ1v) is 5.84. The summed E-state index contributed by atoms with van der Waals surface area (Å²) in [7, 11) is 3.56. The standard InChI is InChI=1S/C13H18N2O2/c1-14-10-5-3-9(4-6-10)13(16)15-11-7-12(8-11)17-2/h3-6,11-12,14H,7-8H2,1-2H3,(H,15,16). The minimum atomic E-state index is -0.00722. The van der Waals surface area contributed by atoms with E-state index in [-0.39, 0.29) is 11.9 Å². The number of amides is 1. The quantitative estimate of drug-likeness (QED) is 0.832. The summed E-state index contributed by atoms with van der Waals surface area (Å²) in [6.45, 7) is 0. The predicted octanol–water partition coefficient (Wildman–Crippen LogP) is 1.64. The van der Waals surface area contributed by atoms with E-state index in [4.69, 9.17) is 4.74 Å². The summed E-state index contributed by atoms with van der Waals surface area (Å²) in [5.41, 5.74) is 1.70. The molecule has 2 rings (SSSR count). The van der Waals surface area contributed by atoms with Crippen LogP contribution in [0.2, 0.25) is 0 Å². The maximum absolute atomic E-state index is 11.9. The van der Waals surface area contributed by atoms with Crippen LogP contribution in [0.15, 0.2) is 24.3 Å². The normalized spacial score (nSPS) is 22.7. The molecular weight excluding hydrogens is 216 g/mol. The van der Waals surface area contributed by atoms with Crippen LogP contribution in [-0.2, 0) is 4.74 Å². The first-order chi connectivity index (χ1) is 8.22. The summed E-state index contributed by atoms with van der Waals surface area (Å²) in [5.74, 6) is -0.00722. The van der Waals surface area contributed by atoms with Gasteiger partial charge in [0, 0.05) is 31.5 Å². The van der Waals surface area contributed by atoms with Gasteiger partial charge in [-0.1, -0.05) is 0 Å². The Morgan fingerprint density at radius 3 is 2.47 bits per heavy atom. The lowest BCUT2D eigenvalue weighted by molar-refractivity contribution is 0.0176. The summed E-state index contributed by atoms with van der Waals surface area (Å²) in [6, 6.07) is 7.71. The zero-order chi connectivity index (χ0) is 12.3. The molecule has 0 bridgehead atoms. The number of carbonyl (C=O) groups is 1. The molecule has 4 nitrogen and oxygen atoms in total. The van der Waals surface area contributed by atoms with E-state index < -0.39 is 0 Å². The number of carbonyl (C=O) groups excluding carboxylic acids is 1. The van der Waals surface area contributed by atoms with Gasteiger partial charge in [-0.05, 0) is 37.1 Å². The molecule has 0 saturated heterocycles. The van der Waals surface area contributed by atoms with Crippen molar-refractivity contribution in [3.63, 3.8) is 0 Å². The third-order valence-electron chi connectivity index (χ3n) is 3.20. The van der Waals surface area contributed by atoms with Gasteiger partial charge in [0.25, 0.3) is 5.91 Å². The van der Waals surface area contributed by atoms with Gasteiger partial charge in [0.2, 0.25) is 0 Å². The minimum absolute atomic E-state index is 0.00722. The Morgan fingerprint density at radius 1 is 1.29 bits per heavy atom. The summed E-state index contributed by atoms with van der Waals surface area (Å²) in [6.07, 6.45) is 2.14. The first kappa shape index (κ1) is 11.9. The SMILES string of the molecule is CNc1ccc(C(=O)NC2CC(OC)C2)cc1. The molecule has 1 aliphatic carbocycles. The van der Waals surface area contributed by atoms with Crippen molar-refractivity contribution in [3.05, 3.63) is 29.8 Å². The fraction of sp³-hybridized carbons (Fsp3) is 0.462. The summed E-state index contributed by atoms with van der Waals surface area (Å²) in [5, 5.41) is 6.02. The monoisotopic (exact) mass is 234 g/mol. The van der Waals surface area contributed by atoms with Crippen LogP contribution in [-0.4, -0.2) is 32.2 Å². The van der Waals surface area contributed by atoms with Crippen LogP contribution < -0.4 is 10.6 Å². The Labute approximate surface area is 101 Å². The number of hydrogen-bond acceptors (Lipinski definition) is 3. The summed E-state index contributed by atoms with van der Waals surface area (Å²) in [4.78, 5) is 11.9. The second kappa shape index (κ2) is 5.19. The molecule has 92 valence electrons. The maximum Gasteiger partial charge on any atom is 0.251 e. The second-order valence-corrected chi connectivity index (χ2v) is 4.33. The number of hydrogen-bond donors (Lipinski definition) is 2. The van der Waals surface area contributed by atoms with Crippen molar-refractivity contribution in [1.29, 1.82) is 0 Å². The molecule has 1 aromatic rings. The highest BCUT2D eigenvalue weighted by molar-refractivity contribution is 5.94. The number of ether oxygens (including phenoxy) is 1. The van der Waals surface area contributed by atoms with Crippen LogP contribution in [0.25, 0.3) is 0 Å². The lowest BCUT2D eigenvalue weighted by Gasteiger charge is -2.34. The fourth-order valence-electron chi connectivity index (χ4n) is 1.93. The first-order valence-electron chi connectivity index (χ1n) is 5.84. The second-order valence-electron chi connectivity index (χ2n) is 4.33. The molecule has 4 heteroatoms.